The molecular formula is C26H41F2NO3. The Bertz CT molecular complexity index is 646. The van der Waals surface area contributed by atoms with Crippen molar-refractivity contribution >= 4 is 11.9 Å². The fourth-order valence-corrected chi connectivity index (χ4v) is 3.69. The quantitative estimate of drug-likeness (QED) is 0.176. The number of hydrogen-bond donors (Lipinski definition) is 0. The van der Waals surface area contributed by atoms with Gasteiger partial charge in [0.25, 0.3) is 5.91 Å². The second-order valence-corrected chi connectivity index (χ2v) is 8.57. The van der Waals surface area contributed by atoms with Crippen LogP contribution < -0.4 is 0 Å². The van der Waals surface area contributed by atoms with Gasteiger partial charge in [-0.1, -0.05) is 96.5 Å². The number of halogens is 2. The molecule has 0 atom stereocenters. The average molecular weight is 454 g/mol. The number of amides is 1. The molecule has 0 unspecified atom stereocenters. The molecular weight excluding hydrogens is 412 g/mol. The Hall–Kier alpha value is -1.98. The molecule has 6 heteroatoms. The van der Waals surface area contributed by atoms with Crippen LogP contribution in [0.4, 0.5) is 8.78 Å². The van der Waals surface area contributed by atoms with Gasteiger partial charge in [-0.15, -0.1) is 0 Å². The van der Waals surface area contributed by atoms with Crippen LogP contribution in [0.5, 0.6) is 0 Å². The van der Waals surface area contributed by atoms with Crippen molar-refractivity contribution in [3.05, 3.63) is 35.4 Å². The standard InChI is InChI=1S/C26H41F2NO3/c1-3-4-5-6-7-8-9-10-11-12-13-14-15-16-20-32-24(30)21-29(2)26(31)25-22(27)18-17-19-23(25)28/h17-19H,3-16,20-21H2,1-2H3. The van der Waals surface area contributed by atoms with E-state index in [2.05, 4.69) is 6.92 Å². The van der Waals surface area contributed by atoms with Crippen molar-refractivity contribution in [1.82, 2.24) is 4.90 Å². The lowest BCUT2D eigenvalue weighted by Gasteiger charge is -2.17. The minimum atomic E-state index is -0.947. The van der Waals surface area contributed by atoms with Gasteiger partial charge in [-0.25, -0.2) is 8.78 Å². The first-order chi connectivity index (χ1) is 15.5. The van der Waals surface area contributed by atoms with E-state index >= 15 is 0 Å². The summed E-state index contributed by atoms with van der Waals surface area (Å²) in [7, 11) is 1.32. The van der Waals surface area contributed by atoms with Gasteiger partial charge in [0.05, 0.1) is 6.61 Å². The normalized spacial score (nSPS) is 10.9. The van der Waals surface area contributed by atoms with Gasteiger partial charge >= 0.3 is 5.97 Å². The Morgan fingerprint density at radius 3 is 1.69 bits per heavy atom. The fourth-order valence-electron chi connectivity index (χ4n) is 3.69. The van der Waals surface area contributed by atoms with Crippen molar-refractivity contribution < 1.29 is 23.1 Å². The zero-order valence-corrected chi connectivity index (χ0v) is 20.0. The molecule has 1 aromatic carbocycles. The third-order valence-electron chi connectivity index (χ3n) is 5.65. The van der Waals surface area contributed by atoms with Crippen molar-refractivity contribution in [3.63, 3.8) is 0 Å². The number of unbranched alkanes of at least 4 members (excludes halogenated alkanes) is 13. The van der Waals surface area contributed by atoms with Gasteiger partial charge in [0.15, 0.2) is 0 Å². The summed E-state index contributed by atoms with van der Waals surface area (Å²) in [6.07, 6.45) is 17.5. The number of benzene rings is 1. The predicted octanol–water partition coefficient (Wildman–Crippen LogP) is 7.06. The minimum absolute atomic E-state index is 0.299. The van der Waals surface area contributed by atoms with E-state index in [1.54, 1.807) is 0 Å². The highest BCUT2D eigenvalue weighted by molar-refractivity contribution is 5.96. The number of rotatable bonds is 18. The van der Waals surface area contributed by atoms with Crippen LogP contribution in [0.1, 0.15) is 107 Å². The maximum atomic E-state index is 13.7. The molecule has 0 bridgehead atoms. The van der Waals surface area contributed by atoms with E-state index in [0.717, 1.165) is 36.3 Å². The SMILES string of the molecule is CCCCCCCCCCCCCCCCOC(=O)CN(C)C(=O)c1c(F)cccc1F. The first-order valence-corrected chi connectivity index (χ1v) is 12.3. The molecule has 1 aromatic rings. The van der Waals surface area contributed by atoms with Crippen molar-refractivity contribution in [2.24, 2.45) is 0 Å². The first-order valence-electron chi connectivity index (χ1n) is 12.3. The second kappa shape index (κ2) is 17.6. The van der Waals surface area contributed by atoms with E-state index in [1.165, 1.54) is 83.7 Å². The van der Waals surface area contributed by atoms with Gasteiger partial charge in [-0.3, -0.25) is 9.59 Å². The van der Waals surface area contributed by atoms with E-state index in [4.69, 9.17) is 4.74 Å². The number of ether oxygens (including phenoxy) is 1. The van der Waals surface area contributed by atoms with Gasteiger partial charge in [0.2, 0.25) is 0 Å². The van der Waals surface area contributed by atoms with Crippen LogP contribution in [-0.2, 0) is 9.53 Å². The summed E-state index contributed by atoms with van der Waals surface area (Å²) < 4.78 is 32.5. The van der Waals surface area contributed by atoms with Gasteiger partial charge in [0, 0.05) is 7.05 Å². The predicted molar refractivity (Wildman–Crippen MR) is 125 cm³/mol. The Kier molecular flexibility index (Phi) is 15.4. The first kappa shape index (κ1) is 28.1. The van der Waals surface area contributed by atoms with Crippen molar-refractivity contribution in [2.45, 2.75) is 96.8 Å². The number of likely N-dealkylation sites (N-methyl/N-ethyl adjacent to an activating group) is 1. The highest BCUT2D eigenvalue weighted by Gasteiger charge is 2.22. The zero-order valence-electron chi connectivity index (χ0n) is 20.0. The van der Waals surface area contributed by atoms with Crippen molar-refractivity contribution in [3.8, 4) is 0 Å². The zero-order chi connectivity index (χ0) is 23.6. The molecule has 0 fully saturated rings. The Morgan fingerprint density at radius 1 is 0.781 bits per heavy atom. The fraction of sp³-hybridized carbons (Fsp3) is 0.692. The molecule has 0 saturated heterocycles. The summed E-state index contributed by atoms with van der Waals surface area (Å²) in [5.41, 5.74) is -0.658. The van der Waals surface area contributed by atoms with E-state index in [9.17, 15) is 18.4 Å². The van der Waals surface area contributed by atoms with Crippen LogP contribution in [0, 0.1) is 11.6 Å². The minimum Gasteiger partial charge on any atom is -0.464 e. The lowest BCUT2D eigenvalue weighted by atomic mass is 10.0. The molecule has 0 aliphatic carbocycles. The molecule has 0 saturated carbocycles. The van der Waals surface area contributed by atoms with Crippen molar-refractivity contribution in [1.29, 1.82) is 0 Å². The van der Waals surface area contributed by atoms with Crippen LogP contribution in [0.3, 0.4) is 0 Å². The molecule has 0 aliphatic heterocycles. The highest BCUT2D eigenvalue weighted by atomic mass is 19.1. The van der Waals surface area contributed by atoms with Crippen molar-refractivity contribution in [2.75, 3.05) is 20.2 Å². The Labute approximate surface area is 192 Å². The number of esters is 1. The molecule has 182 valence electrons. The Balaban J connectivity index is 2.00. The third kappa shape index (κ3) is 12.2. The summed E-state index contributed by atoms with van der Waals surface area (Å²) in [5, 5.41) is 0. The molecule has 0 aliphatic rings. The monoisotopic (exact) mass is 453 g/mol. The maximum Gasteiger partial charge on any atom is 0.325 e. The topological polar surface area (TPSA) is 46.6 Å². The summed E-state index contributed by atoms with van der Waals surface area (Å²) in [5.74, 6) is -3.35. The summed E-state index contributed by atoms with van der Waals surface area (Å²) in [4.78, 5) is 25.0. The van der Waals surface area contributed by atoms with E-state index in [-0.39, 0.29) is 6.54 Å². The van der Waals surface area contributed by atoms with E-state index in [1.807, 2.05) is 0 Å². The van der Waals surface area contributed by atoms with Gasteiger partial charge in [-0.2, -0.15) is 0 Å². The number of carbonyl (C=O) groups excluding carboxylic acids is 2. The molecule has 0 aromatic heterocycles. The number of nitrogens with zero attached hydrogens (tertiary/aromatic N) is 1. The molecule has 0 N–H and O–H groups in total. The van der Waals surface area contributed by atoms with Gasteiger partial charge in [0.1, 0.15) is 23.7 Å². The largest absolute Gasteiger partial charge is 0.464 e. The van der Waals surface area contributed by atoms with E-state index in [0.29, 0.717) is 6.61 Å². The average Bonchev–Trinajstić information content (AvgIpc) is 2.76. The van der Waals surface area contributed by atoms with Gasteiger partial charge in [-0.05, 0) is 18.6 Å². The number of carbonyl (C=O) groups is 2. The van der Waals surface area contributed by atoms with Crippen LogP contribution in [0.15, 0.2) is 18.2 Å². The van der Waals surface area contributed by atoms with Crippen LogP contribution in [-0.4, -0.2) is 37.0 Å². The summed E-state index contributed by atoms with van der Waals surface area (Å²) in [6.45, 7) is 2.20. The molecule has 4 nitrogen and oxygen atoms in total. The van der Waals surface area contributed by atoms with E-state index < -0.39 is 29.1 Å². The van der Waals surface area contributed by atoms with Crippen LogP contribution in [0.25, 0.3) is 0 Å². The molecule has 0 spiro atoms. The second-order valence-electron chi connectivity index (χ2n) is 8.57. The number of hydrogen-bond acceptors (Lipinski definition) is 3. The smallest absolute Gasteiger partial charge is 0.325 e. The molecule has 1 rings (SSSR count). The third-order valence-corrected chi connectivity index (χ3v) is 5.65. The van der Waals surface area contributed by atoms with Crippen LogP contribution >= 0.6 is 0 Å². The molecule has 0 radical (unpaired) electrons. The lowest BCUT2D eigenvalue weighted by Crippen LogP contribution is -2.34. The maximum absolute atomic E-state index is 13.7. The lowest BCUT2D eigenvalue weighted by molar-refractivity contribution is -0.144. The Morgan fingerprint density at radius 2 is 1.22 bits per heavy atom. The van der Waals surface area contributed by atoms with Gasteiger partial charge < -0.3 is 9.64 Å². The summed E-state index contributed by atoms with van der Waals surface area (Å²) >= 11 is 0. The molecule has 1 amide bonds. The van der Waals surface area contributed by atoms with Crippen LogP contribution in [0.2, 0.25) is 0 Å². The summed E-state index contributed by atoms with van der Waals surface area (Å²) in [6, 6.07) is 3.21. The highest BCUT2D eigenvalue weighted by Crippen LogP contribution is 2.15. The molecule has 32 heavy (non-hydrogen) atoms. The molecule has 0 heterocycles.